The average Bonchev–Trinajstić information content (AvgIpc) is 2.94. The molecule has 0 unspecified atom stereocenters. The topological polar surface area (TPSA) is 58.9 Å². The highest BCUT2D eigenvalue weighted by Gasteiger charge is 2.77. The quantitative estimate of drug-likeness (QED) is 0.709. The Morgan fingerprint density at radius 2 is 1.90 bits per heavy atom. The molecule has 0 aromatic carbocycles. The molecular formula is C26H39NO3. The second kappa shape index (κ2) is 6.11. The number of hydrogen-bond acceptors (Lipinski definition) is 4. The Balaban J connectivity index is 1.25. The lowest BCUT2D eigenvalue weighted by atomic mass is 9.45. The van der Waals surface area contributed by atoms with E-state index in [1.165, 1.54) is 44.9 Å². The van der Waals surface area contributed by atoms with Gasteiger partial charge in [-0.1, -0.05) is 25.9 Å². The molecule has 6 rings (SSSR count). The lowest BCUT2D eigenvalue weighted by Crippen LogP contribution is -2.55. The Kier molecular flexibility index (Phi) is 4.03. The summed E-state index contributed by atoms with van der Waals surface area (Å²) in [6.07, 6.45) is 9.71. The van der Waals surface area contributed by atoms with Crippen molar-refractivity contribution in [2.75, 3.05) is 0 Å². The smallest absolute Gasteiger partial charge is 0.158 e. The fraction of sp³-hybridized carbons (Fsp3) is 0.923. The van der Waals surface area contributed by atoms with Gasteiger partial charge in [0.2, 0.25) is 0 Å². The highest BCUT2D eigenvalue weighted by molar-refractivity contribution is 5.91. The van der Waals surface area contributed by atoms with Crippen molar-refractivity contribution in [1.29, 1.82) is 0 Å². The van der Waals surface area contributed by atoms with Crippen molar-refractivity contribution in [3.05, 3.63) is 0 Å². The number of fused-ring (bicyclic) bond motifs is 4. The van der Waals surface area contributed by atoms with Gasteiger partial charge in [0.1, 0.15) is 5.78 Å². The van der Waals surface area contributed by atoms with E-state index < -0.39 is 6.10 Å². The number of aliphatic hydroxyl groups is 1. The third-order valence-corrected chi connectivity index (χ3v) is 11.8. The van der Waals surface area contributed by atoms with Crippen molar-refractivity contribution in [2.24, 2.45) is 56.9 Å². The Hall–Kier alpha value is -0.900. The van der Waals surface area contributed by atoms with Crippen molar-refractivity contribution in [2.45, 2.75) is 97.7 Å². The van der Waals surface area contributed by atoms with E-state index in [0.29, 0.717) is 29.5 Å². The van der Waals surface area contributed by atoms with Gasteiger partial charge in [0.15, 0.2) is 6.10 Å². The molecular weight excluding hydrogens is 374 g/mol. The summed E-state index contributed by atoms with van der Waals surface area (Å²) in [5, 5.41) is 15.2. The second-order valence-corrected chi connectivity index (χ2v) is 12.6. The largest absolute Gasteiger partial charge is 0.389 e. The number of carbonyl (C=O) groups is 1. The molecule has 0 aromatic rings. The summed E-state index contributed by atoms with van der Waals surface area (Å²) in [4.78, 5) is 19.0. The fourth-order valence-corrected chi connectivity index (χ4v) is 10.2. The number of hydrogen-bond donors (Lipinski definition) is 1. The van der Waals surface area contributed by atoms with Crippen LogP contribution in [0.1, 0.15) is 85.5 Å². The number of nitrogens with zero attached hydrogens (tertiary/aromatic N) is 1. The highest BCUT2D eigenvalue weighted by atomic mass is 16.7. The van der Waals surface area contributed by atoms with E-state index in [9.17, 15) is 9.90 Å². The van der Waals surface area contributed by atoms with E-state index in [1.54, 1.807) is 0 Å². The zero-order chi connectivity index (χ0) is 21.1. The maximum absolute atomic E-state index is 13.5. The molecule has 5 saturated carbocycles. The van der Waals surface area contributed by atoms with E-state index in [-0.39, 0.29) is 28.3 Å². The molecule has 5 fully saturated rings. The van der Waals surface area contributed by atoms with E-state index in [4.69, 9.17) is 4.84 Å². The molecule has 0 saturated heterocycles. The van der Waals surface area contributed by atoms with Gasteiger partial charge in [0.05, 0.1) is 11.8 Å². The van der Waals surface area contributed by atoms with Crippen LogP contribution >= 0.6 is 0 Å². The van der Waals surface area contributed by atoms with Crippen LogP contribution < -0.4 is 0 Å². The first kappa shape index (κ1) is 19.8. The third-order valence-electron chi connectivity index (χ3n) is 11.8. The van der Waals surface area contributed by atoms with Crippen LogP contribution in [0.25, 0.3) is 0 Å². The SMILES string of the molecule is CC1=NO[C@H]([C@@H](O)[C@H](C)[C@H]2CC[C@H]3[C@@H]4CC(=O)[C@]56C[C@H]5CC[C@]6(C)[C@H]4CC[C@]23C)C1. The molecule has 0 aromatic heterocycles. The van der Waals surface area contributed by atoms with Gasteiger partial charge in [-0.05, 0) is 98.2 Å². The average molecular weight is 414 g/mol. The van der Waals surface area contributed by atoms with Crippen molar-refractivity contribution >= 4 is 11.5 Å². The molecule has 1 aliphatic heterocycles. The summed E-state index contributed by atoms with van der Waals surface area (Å²) < 4.78 is 0. The maximum atomic E-state index is 13.5. The van der Waals surface area contributed by atoms with E-state index >= 15 is 0 Å². The van der Waals surface area contributed by atoms with Crippen LogP contribution in [0.3, 0.4) is 0 Å². The summed E-state index contributed by atoms with van der Waals surface area (Å²) >= 11 is 0. The molecule has 0 radical (unpaired) electrons. The van der Waals surface area contributed by atoms with Gasteiger partial charge < -0.3 is 9.94 Å². The standard InChI is InChI=1S/C26H39NO3/c1-14-11-21(30-27-14)23(29)15(2)18-5-6-19-17-12-22(28)26-13-16(26)7-10-25(26,4)20(17)8-9-24(18,19)3/h15-21,23,29H,5-13H2,1-4H3/t15-,16-,17+,18-,19+,20+,21+,23+,24-,25-,26+/m1/s1. The van der Waals surface area contributed by atoms with Crippen LogP contribution in [0, 0.1) is 51.8 Å². The van der Waals surface area contributed by atoms with Crippen LogP contribution in [-0.2, 0) is 9.63 Å². The van der Waals surface area contributed by atoms with Crippen LogP contribution in [0.5, 0.6) is 0 Å². The van der Waals surface area contributed by atoms with E-state index in [2.05, 4.69) is 25.9 Å². The van der Waals surface area contributed by atoms with Gasteiger partial charge in [-0.3, -0.25) is 4.79 Å². The monoisotopic (exact) mass is 413 g/mol. The minimum absolute atomic E-state index is 0.0844. The number of aliphatic hydroxyl groups excluding tert-OH is 1. The molecule has 0 amide bonds. The number of rotatable bonds is 3. The van der Waals surface area contributed by atoms with Crippen molar-refractivity contribution in [3.63, 3.8) is 0 Å². The lowest BCUT2D eigenvalue weighted by Gasteiger charge is -2.58. The Labute approximate surface area is 181 Å². The summed E-state index contributed by atoms with van der Waals surface area (Å²) in [6, 6.07) is 0. The van der Waals surface area contributed by atoms with Crippen molar-refractivity contribution in [1.82, 2.24) is 0 Å². The zero-order valence-electron chi connectivity index (χ0n) is 19.2. The minimum Gasteiger partial charge on any atom is -0.389 e. The predicted molar refractivity (Wildman–Crippen MR) is 116 cm³/mol. The molecule has 4 heteroatoms. The molecule has 0 bridgehead atoms. The predicted octanol–water partition coefficient (Wildman–Crippen LogP) is 4.99. The van der Waals surface area contributed by atoms with Crippen LogP contribution in [0.2, 0.25) is 0 Å². The van der Waals surface area contributed by atoms with Crippen LogP contribution in [0.15, 0.2) is 5.16 Å². The second-order valence-electron chi connectivity index (χ2n) is 12.6. The Bertz CT molecular complexity index is 808. The van der Waals surface area contributed by atoms with Gasteiger partial charge in [-0.25, -0.2) is 0 Å². The highest BCUT2D eigenvalue weighted by Crippen LogP contribution is 2.80. The zero-order valence-corrected chi connectivity index (χ0v) is 19.2. The van der Waals surface area contributed by atoms with Crippen LogP contribution in [0.4, 0.5) is 0 Å². The molecule has 4 nitrogen and oxygen atoms in total. The van der Waals surface area contributed by atoms with Crippen molar-refractivity contribution in [3.8, 4) is 0 Å². The van der Waals surface area contributed by atoms with Gasteiger partial charge in [-0.2, -0.15) is 0 Å². The molecule has 166 valence electrons. The molecule has 1 spiro atoms. The van der Waals surface area contributed by atoms with Gasteiger partial charge >= 0.3 is 0 Å². The summed E-state index contributed by atoms with van der Waals surface area (Å²) in [6.45, 7) is 9.21. The molecule has 6 aliphatic rings. The molecule has 5 aliphatic carbocycles. The normalized spacial score (nSPS) is 55.6. The van der Waals surface area contributed by atoms with Gasteiger partial charge in [0, 0.05) is 18.3 Å². The van der Waals surface area contributed by atoms with Gasteiger partial charge in [0.25, 0.3) is 0 Å². The first-order valence-electron chi connectivity index (χ1n) is 12.6. The third kappa shape index (κ3) is 2.22. The fourth-order valence-electron chi connectivity index (χ4n) is 10.2. The minimum atomic E-state index is -0.458. The van der Waals surface area contributed by atoms with Crippen molar-refractivity contribution < 1.29 is 14.7 Å². The summed E-state index contributed by atoms with van der Waals surface area (Å²) in [5.74, 6) is 4.04. The molecule has 1 N–H and O–H groups in total. The molecule has 11 atom stereocenters. The summed E-state index contributed by atoms with van der Waals surface area (Å²) in [5.41, 5.74) is 1.59. The Morgan fingerprint density at radius 3 is 2.60 bits per heavy atom. The maximum Gasteiger partial charge on any atom is 0.158 e. The number of Topliss-reactive ketones (excluding diaryl/α,β-unsaturated/α-hetero) is 1. The van der Waals surface area contributed by atoms with Gasteiger partial charge in [-0.15, -0.1) is 0 Å². The van der Waals surface area contributed by atoms with E-state index in [0.717, 1.165) is 24.5 Å². The lowest BCUT2D eigenvalue weighted by molar-refractivity contribution is -0.153. The first-order chi connectivity index (χ1) is 14.2. The summed E-state index contributed by atoms with van der Waals surface area (Å²) in [7, 11) is 0. The molecule has 30 heavy (non-hydrogen) atoms. The Morgan fingerprint density at radius 1 is 1.10 bits per heavy atom. The number of oxime groups is 1. The van der Waals surface area contributed by atoms with E-state index in [1.807, 2.05) is 6.92 Å². The first-order valence-corrected chi connectivity index (χ1v) is 12.6. The number of ketones is 1. The number of carbonyl (C=O) groups excluding carboxylic acids is 1. The molecule has 1 heterocycles. The van der Waals surface area contributed by atoms with Crippen LogP contribution in [-0.4, -0.2) is 28.8 Å².